The van der Waals surface area contributed by atoms with Gasteiger partial charge in [0.05, 0.1) is 5.56 Å². The predicted molar refractivity (Wildman–Crippen MR) is 59.3 cm³/mol. The van der Waals surface area contributed by atoms with Crippen LogP contribution in [0.1, 0.15) is 17.5 Å². The minimum absolute atomic E-state index is 0.0773. The zero-order chi connectivity index (χ0) is 12.0. The third-order valence-corrected chi connectivity index (χ3v) is 3.12. The molecule has 0 aliphatic rings. The van der Waals surface area contributed by atoms with Crippen LogP contribution in [-0.4, -0.2) is 17.5 Å². The maximum absolute atomic E-state index is 12.6. The quantitative estimate of drug-likeness (QED) is 0.809. The molecule has 0 saturated heterocycles. The second-order valence-electron chi connectivity index (χ2n) is 3.28. The first-order valence-electron chi connectivity index (χ1n) is 4.89. The number of thioether (sulfide) groups is 1. The van der Waals surface area contributed by atoms with Crippen LogP contribution in [0.4, 0.5) is 13.2 Å². The Kier molecular flexibility index (Phi) is 5.15. The van der Waals surface area contributed by atoms with Crippen LogP contribution in [0.5, 0.6) is 0 Å². The zero-order valence-electron chi connectivity index (χ0n) is 8.63. The van der Waals surface area contributed by atoms with E-state index in [2.05, 4.69) is 0 Å². The fourth-order valence-corrected chi connectivity index (χ4v) is 2.22. The lowest BCUT2D eigenvalue weighted by molar-refractivity contribution is -0.138. The summed E-state index contributed by atoms with van der Waals surface area (Å²) >= 11 is 1.40. The number of aliphatic hydroxyl groups is 1. The highest BCUT2D eigenvalue weighted by Crippen LogP contribution is 2.33. The maximum Gasteiger partial charge on any atom is 0.416 e. The molecule has 0 saturated carbocycles. The SMILES string of the molecule is OCCCSCc1ccccc1C(F)(F)F. The maximum atomic E-state index is 12.6. The van der Waals surface area contributed by atoms with Gasteiger partial charge in [-0.15, -0.1) is 0 Å². The summed E-state index contributed by atoms with van der Waals surface area (Å²) in [6, 6.07) is 5.60. The Hall–Kier alpha value is -0.680. The fourth-order valence-electron chi connectivity index (χ4n) is 1.27. The molecule has 5 heteroatoms. The molecule has 90 valence electrons. The average molecular weight is 250 g/mol. The summed E-state index contributed by atoms with van der Waals surface area (Å²) in [6.45, 7) is 0.0773. The Bertz CT molecular complexity index is 325. The van der Waals surface area contributed by atoms with E-state index < -0.39 is 11.7 Å². The second kappa shape index (κ2) is 6.15. The van der Waals surface area contributed by atoms with E-state index in [9.17, 15) is 13.2 Å². The van der Waals surface area contributed by atoms with E-state index in [1.54, 1.807) is 6.07 Å². The van der Waals surface area contributed by atoms with Crippen molar-refractivity contribution in [1.29, 1.82) is 0 Å². The van der Waals surface area contributed by atoms with Gasteiger partial charge in [0.1, 0.15) is 0 Å². The van der Waals surface area contributed by atoms with Gasteiger partial charge < -0.3 is 5.11 Å². The molecule has 1 nitrogen and oxygen atoms in total. The molecule has 1 rings (SSSR count). The largest absolute Gasteiger partial charge is 0.416 e. The topological polar surface area (TPSA) is 20.2 Å². The van der Waals surface area contributed by atoms with Gasteiger partial charge in [-0.2, -0.15) is 24.9 Å². The lowest BCUT2D eigenvalue weighted by Crippen LogP contribution is -2.08. The van der Waals surface area contributed by atoms with Crippen LogP contribution in [-0.2, 0) is 11.9 Å². The molecule has 0 spiro atoms. The number of alkyl halides is 3. The van der Waals surface area contributed by atoms with Crippen molar-refractivity contribution in [2.24, 2.45) is 0 Å². The lowest BCUT2D eigenvalue weighted by atomic mass is 10.1. The van der Waals surface area contributed by atoms with Crippen molar-refractivity contribution in [3.63, 3.8) is 0 Å². The monoisotopic (exact) mass is 250 g/mol. The van der Waals surface area contributed by atoms with E-state index >= 15 is 0 Å². The summed E-state index contributed by atoms with van der Waals surface area (Å²) in [5.74, 6) is 0.998. The Balaban J connectivity index is 2.65. The van der Waals surface area contributed by atoms with E-state index in [1.165, 1.54) is 23.9 Å². The molecule has 0 heterocycles. The molecule has 0 atom stereocenters. The fraction of sp³-hybridized carbons (Fsp3) is 0.455. The summed E-state index contributed by atoms with van der Waals surface area (Å²) in [7, 11) is 0. The van der Waals surface area contributed by atoms with Gasteiger partial charge in [-0.3, -0.25) is 0 Å². The zero-order valence-corrected chi connectivity index (χ0v) is 9.44. The molecule has 0 aliphatic carbocycles. The second-order valence-corrected chi connectivity index (χ2v) is 4.39. The lowest BCUT2D eigenvalue weighted by Gasteiger charge is -2.12. The van der Waals surface area contributed by atoms with E-state index in [4.69, 9.17) is 5.11 Å². The molecule has 0 bridgehead atoms. The minimum Gasteiger partial charge on any atom is -0.396 e. The van der Waals surface area contributed by atoms with Gasteiger partial charge in [0.2, 0.25) is 0 Å². The van der Waals surface area contributed by atoms with Crippen LogP contribution in [0.2, 0.25) is 0 Å². The molecular formula is C11H13F3OS. The highest BCUT2D eigenvalue weighted by atomic mass is 32.2. The Morgan fingerprint density at radius 1 is 1.19 bits per heavy atom. The van der Waals surface area contributed by atoms with Gasteiger partial charge >= 0.3 is 6.18 Å². The molecule has 0 aromatic heterocycles. The highest BCUT2D eigenvalue weighted by molar-refractivity contribution is 7.98. The van der Waals surface area contributed by atoms with Crippen LogP contribution in [0.15, 0.2) is 24.3 Å². The summed E-state index contributed by atoms with van der Waals surface area (Å²) in [5, 5.41) is 8.55. The van der Waals surface area contributed by atoms with Gasteiger partial charge in [-0.1, -0.05) is 18.2 Å². The molecule has 1 aromatic rings. The van der Waals surface area contributed by atoms with Crippen molar-refractivity contribution < 1.29 is 18.3 Å². The summed E-state index contributed by atoms with van der Waals surface area (Å²) < 4.78 is 37.7. The normalized spacial score (nSPS) is 11.8. The third kappa shape index (κ3) is 4.06. The molecule has 0 amide bonds. The predicted octanol–water partition coefficient (Wildman–Crippen LogP) is 3.32. The van der Waals surface area contributed by atoms with Gasteiger partial charge in [0.25, 0.3) is 0 Å². The minimum atomic E-state index is -4.28. The van der Waals surface area contributed by atoms with Crippen LogP contribution < -0.4 is 0 Å². The molecule has 0 unspecified atom stereocenters. The molecule has 0 fully saturated rings. The highest BCUT2D eigenvalue weighted by Gasteiger charge is 2.32. The van der Waals surface area contributed by atoms with Gasteiger partial charge in [0, 0.05) is 12.4 Å². The average Bonchev–Trinajstić information content (AvgIpc) is 2.24. The molecule has 0 aliphatic heterocycles. The summed E-state index contributed by atoms with van der Waals surface area (Å²) in [5.41, 5.74) is -0.260. The number of hydrogen-bond donors (Lipinski definition) is 1. The van der Waals surface area contributed by atoms with Crippen LogP contribution in [0.25, 0.3) is 0 Å². The standard InChI is InChI=1S/C11H13F3OS/c12-11(13,14)10-5-2-1-4-9(10)8-16-7-3-6-15/h1-2,4-5,15H,3,6-8H2. The van der Waals surface area contributed by atoms with Crippen molar-refractivity contribution >= 4 is 11.8 Å². The Morgan fingerprint density at radius 2 is 1.88 bits per heavy atom. The van der Waals surface area contributed by atoms with Crippen LogP contribution in [0.3, 0.4) is 0 Å². The molecular weight excluding hydrogens is 237 g/mol. The van der Waals surface area contributed by atoms with Crippen LogP contribution >= 0.6 is 11.8 Å². The summed E-state index contributed by atoms with van der Waals surface area (Å²) in [6.07, 6.45) is -3.67. The third-order valence-electron chi connectivity index (χ3n) is 2.03. The number of rotatable bonds is 5. The van der Waals surface area contributed by atoms with E-state index in [0.717, 1.165) is 6.07 Å². The molecule has 16 heavy (non-hydrogen) atoms. The number of aliphatic hydroxyl groups excluding tert-OH is 1. The molecule has 0 radical (unpaired) electrons. The Labute approximate surface area is 96.7 Å². The van der Waals surface area contributed by atoms with Crippen molar-refractivity contribution in [3.8, 4) is 0 Å². The number of benzene rings is 1. The van der Waals surface area contributed by atoms with Crippen LogP contribution in [0, 0.1) is 0 Å². The summed E-state index contributed by atoms with van der Waals surface area (Å²) in [4.78, 5) is 0. The van der Waals surface area contributed by atoms with E-state index in [1.807, 2.05) is 0 Å². The van der Waals surface area contributed by atoms with Gasteiger partial charge in [-0.05, 0) is 23.8 Å². The van der Waals surface area contributed by atoms with Crippen molar-refractivity contribution in [2.75, 3.05) is 12.4 Å². The number of hydrogen-bond acceptors (Lipinski definition) is 2. The first kappa shape index (κ1) is 13.4. The van der Waals surface area contributed by atoms with Crippen molar-refractivity contribution in [1.82, 2.24) is 0 Å². The smallest absolute Gasteiger partial charge is 0.396 e. The molecule has 1 aromatic carbocycles. The first-order chi connectivity index (χ1) is 7.55. The van der Waals surface area contributed by atoms with E-state index in [0.29, 0.717) is 23.5 Å². The van der Waals surface area contributed by atoms with Crippen molar-refractivity contribution in [2.45, 2.75) is 18.3 Å². The van der Waals surface area contributed by atoms with E-state index in [-0.39, 0.29) is 6.61 Å². The number of halogens is 3. The molecule has 1 N–H and O–H groups in total. The van der Waals surface area contributed by atoms with Gasteiger partial charge in [0.15, 0.2) is 0 Å². The first-order valence-corrected chi connectivity index (χ1v) is 6.05. The van der Waals surface area contributed by atoms with Crippen molar-refractivity contribution in [3.05, 3.63) is 35.4 Å². The Morgan fingerprint density at radius 3 is 2.50 bits per heavy atom. The van der Waals surface area contributed by atoms with Gasteiger partial charge in [-0.25, -0.2) is 0 Å².